The zero-order valence-corrected chi connectivity index (χ0v) is 12.6. The zero-order chi connectivity index (χ0) is 15.6. The van der Waals surface area contributed by atoms with Gasteiger partial charge in [-0.3, -0.25) is 10.1 Å². The lowest BCUT2D eigenvalue weighted by Gasteiger charge is -2.11. The quantitative estimate of drug-likeness (QED) is 0.651. The van der Waals surface area contributed by atoms with Crippen molar-refractivity contribution in [1.29, 1.82) is 0 Å². The van der Waals surface area contributed by atoms with E-state index < -0.39 is 4.92 Å². The smallest absolute Gasteiger partial charge is 0.271 e. The Hall–Kier alpha value is -1.82. The molecule has 7 heteroatoms. The molecule has 0 radical (unpaired) electrons. The molecule has 2 aromatic rings. The first-order valence-electron chi connectivity index (χ1n) is 6.05. The highest BCUT2D eigenvalue weighted by atomic mass is 35.5. The topological polar surface area (TPSA) is 78.4 Å². The van der Waals surface area contributed by atoms with Crippen molar-refractivity contribution >= 4 is 28.9 Å². The Morgan fingerprint density at radius 2 is 1.90 bits per heavy atom. The molecule has 0 heterocycles. The third kappa shape index (κ3) is 3.64. The summed E-state index contributed by atoms with van der Waals surface area (Å²) in [5, 5.41) is 11.3. The van der Waals surface area contributed by atoms with Crippen molar-refractivity contribution in [3.8, 4) is 11.5 Å². The molecule has 1 unspecified atom stereocenters. The van der Waals surface area contributed by atoms with Crippen LogP contribution < -0.4 is 10.5 Å². The minimum Gasteiger partial charge on any atom is -0.456 e. The van der Waals surface area contributed by atoms with Gasteiger partial charge in [-0.05, 0) is 30.7 Å². The van der Waals surface area contributed by atoms with Crippen LogP contribution in [0.3, 0.4) is 0 Å². The number of nitrogens with zero attached hydrogens (tertiary/aromatic N) is 1. The molecule has 0 spiro atoms. The van der Waals surface area contributed by atoms with Gasteiger partial charge in [0.2, 0.25) is 0 Å². The number of nitro groups is 1. The number of benzene rings is 2. The van der Waals surface area contributed by atoms with Crippen molar-refractivity contribution in [1.82, 2.24) is 0 Å². The molecule has 0 aliphatic heterocycles. The van der Waals surface area contributed by atoms with E-state index in [1.165, 1.54) is 18.2 Å². The lowest BCUT2D eigenvalue weighted by molar-refractivity contribution is -0.384. The Labute approximate surface area is 131 Å². The highest BCUT2D eigenvalue weighted by molar-refractivity contribution is 6.32. The SMILES string of the molecule is CC(N)c1ccc(Oc2ccc([N+](=O)[O-])cc2Cl)cc1Cl. The van der Waals surface area contributed by atoms with Crippen molar-refractivity contribution in [2.45, 2.75) is 13.0 Å². The molecule has 0 saturated carbocycles. The number of nitrogens with two attached hydrogens (primary N) is 1. The molecule has 2 aromatic carbocycles. The number of hydrogen-bond acceptors (Lipinski definition) is 4. The molecular formula is C14H12Cl2N2O3. The molecule has 0 bridgehead atoms. The molecule has 0 saturated heterocycles. The van der Waals surface area contributed by atoms with Crippen LogP contribution in [0.5, 0.6) is 11.5 Å². The van der Waals surface area contributed by atoms with E-state index in [1.807, 2.05) is 6.92 Å². The number of rotatable bonds is 4. The normalized spacial score (nSPS) is 12.0. The van der Waals surface area contributed by atoms with E-state index in [4.69, 9.17) is 33.7 Å². The summed E-state index contributed by atoms with van der Waals surface area (Å²) in [4.78, 5) is 10.1. The predicted molar refractivity (Wildman–Crippen MR) is 82.2 cm³/mol. The van der Waals surface area contributed by atoms with Crippen LogP contribution in [0.25, 0.3) is 0 Å². The van der Waals surface area contributed by atoms with Crippen LogP contribution in [-0.2, 0) is 0 Å². The largest absolute Gasteiger partial charge is 0.456 e. The Morgan fingerprint density at radius 1 is 1.19 bits per heavy atom. The van der Waals surface area contributed by atoms with E-state index in [0.717, 1.165) is 5.56 Å². The molecular weight excluding hydrogens is 315 g/mol. The number of nitro benzene ring substituents is 1. The molecule has 0 fully saturated rings. The summed E-state index contributed by atoms with van der Waals surface area (Å²) < 4.78 is 5.58. The fourth-order valence-electron chi connectivity index (χ4n) is 1.75. The van der Waals surface area contributed by atoms with Crippen LogP contribution >= 0.6 is 23.2 Å². The Kier molecular flexibility index (Phi) is 4.67. The van der Waals surface area contributed by atoms with E-state index >= 15 is 0 Å². The van der Waals surface area contributed by atoms with Crippen molar-refractivity contribution in [2.75, 3.05) is 0 Å². The summed E-state index contributed by atoms with van der Waals surface area (Å²) >= 11 is 12.1. The van der Waals surface area contributed by atoms with Gasteiger partial charge >= 0.3 is 0 Å². The number of ether oxygens (including phenoxy) is 1. The molecule has 0 amide bonds. The van der Waals surface area contributed by atoms with E-state index in [9.17, 15) is 10.1 Å². The second-order valence-corrected chi connectivity index (χ2v) is 5.26. The first-order chi connectivity index (χ1) is 9.88. The molecule has 0 aliphatic carbocycles. The molecule has 21 heavy (non-hydrogen) atoms. The third-order valence-electron chi connectivity index (χ3n) is 2.82. The maximum Gasteiger partial charge on any atom is 0.271 e. The number of halogens is 2. The first kappa shape index (κ1) is 15.6. The van der Waals surface area contributed by atoms with Crippen LogP contribution in [0.2, 0.25) is 10.0 Å². The minimum atomic E-state index is -0.524. The predicted octanol–water partition coefficient (Wildman–Crippen LogP) is 4.71. The molecule has 110 valence electrons. The number of non-ortho nitro benzene ring substituents is 1. The van der Waals surface area contributed by atoms with Crippen molar-refractivity contribution in [2.24, 2.45) is 5.73 Å². The van der Waals surface area contributed by atoms with Gasteiger partial charge in [0, 0.05) is 23.2 Å². The maximum atomic E-state index is 10.6. The van der Waals surface area contributed by atoms with Crippen LogP contribution in [0.1, 0.15) is 18.5 Å². The molecule has 5 nitrogen and oxygen atoms in total. The van der Waals surface area contributed by atoms with Crippen LogP contribution in [0, 0.1) is 10.1 Å². The van der Waals surface area contributed by atoms with Crippen molar-refractivity contribution < 1.29 is 9.66 Å². The van der Waals surface area contributed by atoms with Crippen molar-refractivity contribution in [3.63, 3.8) is 0 Å². The maximum absolute atomic E-state index is 10.6. The third-order valence-corrected chi connectivity index (χ3v) is 3.44. The Balaban J connectivity index is 2.26. The summed E-state index contributed by atoms with van der Waals surface area (Å²) in [5.74, 6) is 0.784. The monoisotopic (exact) mass is 326 g/mol. The summed E-state index contributed by atoms with van der Waals surface area (Å²) in [6.45, 7) is 1.83. The van der Waals surface area contributed by atoms with Gasteiger partial charge in [-0.15, -0.1) is 0 Å². The molecule has 0 aliphatic rings. The lowest BCUT2D eigenvalue weighted by atomic mass is 10.1. The standard InChI is InChI=1S/C14H12Cl2N2O3/c1-8(17)11-4-3-10(7-12(11)15)21-14-5-2-9(18(19)20)6-13(14)16/h2-8H,17H2,1H3. The first-order valence-corrected chi connectivity index (χ1v) is 6.81. The fraction of sp³-hybridized carbons (Fsp3) is 0.143. The van der Waals surface area contributed by atoms with Gasteiger partial charge in [0.1, 0.15) is 11.5 Å². The Bertz CT molecular complexity index is 690. The van der Waals surface area contributed by atoms with Gasteiger partial charge in [0.25, 0.3) is 5.69 Å². The van der Waals surface area contributed by atoms with E-state index in [-0.39, 0.29) is 16.8 Å². The summed E-state index contributed by atoms with van der Waals surface area (Å²) in [7, 11) is 0. The summed E-state index contributed by atoms with van der Waals surface area (Å²) in [6, 6.07) is 8.90. The average molecular weight is 327 g/mol. The summed E-state index contributed by atoms with van der Waals surface area (Å²) in [6.07, 6.45) is 0. The van der Waals surface area contributed by atoms with Gasteiger partial charge in [0.15, 0.2) is 0 Å². The van der Waals surface area contributed by atoms with Crippen molar-refractivity contribution in [3.05, 3.63) is 62.1 Å². The van der Waals surface area contributed by atoms with E-state index in [2.05, 4.69) is 0 Å². The Morgan fingerprint density at radius 3 is 2.43 bits per heavy atom. The fourth-order valence-corrected chi connectivity index (χ4v) is 2.31. The molecule has 1 atom stereocenters. The average Bonchev–Trinajstić information content (AvgIpc) is 2.40. The van der Waals surface area contributed by atoms with Crippen LogP contribution in [-0.4, -0.2) is 4.92 Å². The minimum absolute atomic E-state index is 0.0994. The lowest BCUT2D eigenvalue weighted by Crippen LogP contribution is -2.05. The van der Waals surface area contributed by atoms with Gasteiger partial charge in [0.05, 0.1) is 9.95 Å². The van der Waals surface area contributed by atoms with E-state index in [1.54, 1.807) is 18.2 Å². The summed E-state index contributed by atoms with van der Waals surface area (Å²) in [5.41, 5.74) is 6.48. The van der Waals surface area contributed by atoms with Crippen LogP contribution in [0.4, 0.5) is 5.69 Å². The molecule has 0 aromatic heterocycles. The van der Waals surface area contributed by atoms with Gasteiger partial charge in [-0.2, -0.15) is 0 Å². The zero-order valence-electron chi connectivity index (χ0n) is 11.0. The van der Waals surface area contributed by atoms with Crippen LogP contribution in [0.15, 0.2) is 36.4 Å². The number of hydrogen-bond donors (Lipinski definition) is 1. The van der Waals surface area contributed by atoms with E-state index in [0.29, 0.717) is 16.5 Å². The van der Waals surface area contributed by atoms with Gasteiger partial charge in [-0.1, -0.05) is 29.3 Å². The molecule has 2 N–H and O–H groups in total. The second kappa shape index (κ2) is 6.30. The highest BCUT2D eigenvalue weighted by Crippen LogP contribution is 2.34. The second-order valence-electron chi connectivity index (χ2n) is 4.45. The molecule has 2 rings (SSSR count). The highest BCUT2D eigenvalue weighted by Gasteiger charge is 2.12. The van der Waals surface area contributed by atoms with Gasteiger partial charge < -0.3 is 10.5 Å². The van der Waals surface area contributed by atoms with Gasteiger partial charge in [-0.25, -0.2) is 0 Å².